The molecule has 0 amide bonds. The van der Waals surface area contributed by atoms with Crippen LogP contribution in [-0.4, -0.2) is 30.0 Å². The van der Waals surface area contributed by atoms with Gasteiger partial charge in [-0.25, -0.2) is 0 Å². The molecule has 2 N–H and O–H groups in total. The van der Waals surface area contributed by atoms with E-state index < -0.39 is 0 Å². The van der Waals surface area contributed by atoms with E-state index in [0.29, 0.717) is 18.2 Å². The minimum atomic E-state index is 0.464. The Morgan fingerprint density at radius 3 is 2.82 bits per heavy atom. The van der Waals surface area contributed by atoms with E-state index in [2.05, 4.69) is 20.5 Å². The van der Waals surface area contributed by atoms with E-state index in [9.17, 15) is 0 Å². The lowest BCUT2D eigenvalue weighted by atomic mass is 10.2. The van der Waals surface area contributed by atoms with Gasteiger partial charge in [0.1, 0.15) is 6.54 Å². The molecule has 0 bridgehead atoms. The van der Waals surface area contributed by atoms with E-state index in [1.54, 1.807) is 11.7 Å². The van der Waals surface area contributed by atoms with Crippen molar-refractivity contribution in [3.63, 3.8) is 0 Å². The number of hydrogen-bond acceptors (Lipinski definition) is 5. The first-order chi connectivity index (χ1) is 8.24. The van der Waals surface area contributed by atoms with Gasteiger partial charge >= 0.3 is 0 Å². The van der Waals surface area contributed by atoms with E-state index in [1.807, 2.05) is 24.3 Å². The van der Waals surface area contributed by atoms with Gasteiger partial charge in [-0.3, -0.25) is 4.68 Å². The molecule has 17 heavy (non-hydrogen) atoms. The first kappa shape index (κ1) is 9.76. The molecule has 86 valence electrons. The summed E-state index contributed by atoms with van der Waals surface area (Å²) in [5.74, 6) is 1.13. The fraction of sp³-hybridized carbons (Fsp3) is 0.200. The maximum atomic E-state index is 5.84. The van der Waals surface area contributed by atoms with Gasteiger partial charge in [-0.2, -0.15) is 9.90 Å². The maximum absolute atomic E-state index is 5.84. The molecule has 0 saturated carbocycles. The van der Waals surface area contributed by atoms with Crippen LogP contribution >= 0.6 is 0 Å². The summed E-state index contributed by atoms with van der Waals surface area (Å²) in [7, 11) is 1.73. The molecular weight excluding hydrogens is 218 g/mol. The lowest BCUT2D eigenvalue weighted by Gasteiger charge is -1.98. The van der Waals surface area contributed by atoms with Crippen LogP contribution in [-0.2, 0) is 13.6 Å². The second kappa shape index (κ2) is 3.55. The van der Waals surface area contributed by atoms with E-state index in [1.165, 1.54) is 4.80 Å². The van der Waals surface area contributed by atoms with Crippen molar-refractivity contribution in [1.82, 2.24) is 30.0 Å². The molecule has 1 aromatic carbocycles. The fourth-order valence-electron chi connectivity index (χ4n) is 1.79. The van der Waals surface area contributed by atoms with Crippen LogP contribution in [0.2, 0.25) is 0 Å². The van der Waals surface area contributed by atoms with Crippen LogP contribution in [0, 0.1) is 0 Å². The predicted molar refractivity (Wildman–Crippen MR) is 62.0 cm³/mol. The molecule has 0 radical (unpaired) electrons. The van der Waals surface area contributed by atoms with Gasteiger partial charge in [0.05, 0.1) is 12.6 Å². The fourth-order valence-corrected chi connectivity index (χ4v) is 1.79. The number of rotatable bonds is 2. The summed E-state index contributed by atoms with van der Waals surface area (Å²) in [6.45, 7) is 0.464. The zero-order valence-corrected chi connectivity index (χ0v) is 9.28. The van der Waals surface area contributed by atoms with Gasteiger partial charge in [0.15, 0.2) is 11.6 Å². The highest BCUT2D eigenvalue weighted by Gasteiger charge is 2.09. The Hall–Kier alpha value is -2.44. The highest BCUT2D eigenvalue weighted by atomic mass is 15.6. The average molecular weight is 229 g/mol. The van der Waals surface area contributed by atoms with Crippen molar-refractivity contribution in [3.8, 4) is 0 Å². The topological polar surface area (TPSA) is 87.4 Å². The van der Waals surface area contributed by atoms with Crippen molar-refractivity contribution >= 4 is 16.7 Å². The van der Waals surface area contributed by atoms with Gasteiger partial charge in [-0.1, -0.05) is 12.1 Å². The molecule has 0 atom stereocenters. The Morgan fingerprint density at radius 2 is 2.06 bits per heavy atom. The van der Waals surface area contributed by atoms with Gasteiger partial charge in [0.25, 0.3) is 0 Å². The van der Waals surface area contributed by atoms with E-state index in [4.69, 9.17) is 5.73 Å². The highest BCUT2D eigenvalue weighted by Crippen LogP contribution is 2.19. The summed E-state index contributed by atoms with van der Waals surface area (Å²) < 4.78 is 1.78. The Kier molecular flexibility index (Phi) is 2.04. The number of hydrogen-bond donors (Lipinski definition) is 1. The molecule has 0 fully saturated rings. The molecule has 7 nitrogen and oxygen atoms in total. The lowest BCUT2D eigenvalue weighted by Crippen LogP contribution is -2.04. The number of fused-ring (bicyclic) bond motifs is 1. The number of benzene rings is 1. The minimum Gasteiger partial charge on any atom is -0.382 e. The number of tetrazole rings is 1. The molecule has 0 aliphatic heterocycles. The third kappa shape index (κ3) is 1.61. The van der Waals surface area contributed by atoms with Crippen LogP contribution in [0.5, 0.6) is 0 Å². The molecule has 3 rings (SSSR count). The molecule has 2 aromatic heterocycles. The standard InChI is InChI=1S/C10H11N7/c1-16-13-9(12-15-16)6-17-8-5-3-2-4-7(8)10(11)14-17/h2-5H,6H2,1H3,(H2,11,14). The molecule has 0 spiro atoms. The molecule has 0 unspecified atom stereocenters. The van der Waals surface area contributed by atoms with Crippen LogP contribution in [0.3, 0.4) is 0 Å². The molecule has 2 heterocycles. The van der Waals surface area contributed by atoms with Crippen LogP contribution in [0.15, 0.2) is 24.3 Å². The summed E-state index contributed by atoms with van der Waals surface area (Å²) in [5, 5.41) is 17.0. The summed E-state index contributed by atoms with van der Waals surface area (Å²) >= 11 is 0. The Balaban J connectivity index is 2.06. The SMILES string of the molecule is Cn1nnc(Cn2nc(N)c3ccccc32)n1. The van der Waals surface area contributed by atoms with Crippen LogP contribution in [0.25, 0.3) is 10.9 Å². The summed E-state index contributed by atoms with van der Waals surface area (Å²) in [4.78, 5) is 1.42. The first-order valence-electron chi connectivity index (χ1n) is 5.18. The molecule has 0 aliphatic rings. The molecule has 0 aliphatic carbocycles. The van der Waals surface area contributed by atoms with Gasteiger partial charge in [0, 0.05) is 5.39 Å². The number of aromatic nitrogens is 6. The monoisotopic (exact) mass is 229 g/mol. The molecule has 0 saturated heterocycles. The molecular formula is C10H11N7. The number of para-hydroxylation sites is 1. The van der Waals surface area contributed by atoms with Crippen LogP contribution < -0.4 is 5.73 Å². The first-order valence-corrected chi connectivity index (χ1v) is 5.18. The van der Waals surface area contributed by atoms with Crippen LogP contribution in [0.4, 0.5) is 5.82 Å². The summed E-state index contributed by atoms with van der Waals surface area (Å²) in [5.41, 5.74) is 6.81. The van der Waals surface area contributed by atoms with Crippen molar-refractivity contribution in [3.05, 3.63) is 30.1 Å². The number of nitrogen functional groups attached to an aromatic ring is 1. The largest absolute Gasteiger partial charge is 0.382 e. The van der Waals surface area contributed by atoms with Gasteiger partial charge in [0.2, 0.25) is 0 Å². The highest BCUT2D eigenvalue weighted by molar-refractivity contribution is 5.88. The number of nitrogens with two attached hydrogens (primary N) is 1. The third-order valence-electron chi connectivity index (χ3n) is 2.53. The molecule has 3 aromatic rings. The van der Waals surface area contributed by atoms with Crippen molar-refractivity contribution in [1.29, 1.82) is 0 Å². The second-order valence-electron chi connectivity index (χ2n) is 3.76. The Bertz CT molecular complexity index is 666. The Labute approximate surface area is 96.8 Å². The normalized spacial score (nSPS) is 11.1. The van der Waals surface area contributed by atoms with Crippen molar-refractivity contribution in [2.45, 2.75) is 6.54 Å². The van der Waals surface area contributed by atoms with Crippen molar-refractivity contribution in [2.24, 2.45) is 7.05 Å². The van der Waals surface area contributed by atoms with Crippen molar-refractivity contribution in [2.75, 3.05) is 5.73 Å². The lowest BCUT2D eigenvalue weighted by molar-refractivity contribution is 0.621. The Morgan fingerprint density at radius 1 is 1.24 bits per heavy atom. The van der Waals surface area contributed by atoms with E-state index in [0.717, 1.165) is 10.9 Å². The predicted octanol–water partition coefficient (Wildman–Crippen LogP) is 0.190. The van der Waals surface area contributed by atoms with E-state index in [-0.39, 0.29) is 0 Å². The summed E-state index contributed by atoms with van der Waals surface area (Å²) in [6.07, 6.45) is 0. The number of anilines is 1. The average Bonchev–Trinajstić information content (AvgIpc) is 2.86. The minimum absolute atomic E-state index is 0.464. The zero-order valence-electron chi connectivity index (χ0n) is 9.28. The van der Waals surface area contributed by atoms with Gasteiger partial charge in [-0.15, -0.1) is 10.2 Å². The quantitative estimate of drug-likeness (QED) is 0.677. The van der Waals surface area contributed by atoms with Gasteiger partial charge < -0.3 is 5.73 Å². The van der Waals surface area contributed by atoms with Crippen LogP contribution in [0.1, 0.15) is 5.82 Å². The second-order valence-corrected chi connectivity index (χ2v) is 3.76. The molecule has 7 heteroatoms. The maximum Gasteiger partial charge on any atom is 0.196 e. The smallest absolute Gasteiger partial charge is 0.196 e. The number of aryl methyl sites for hydroxylation is 1. The number of nitrogens with zero attached hydrogens (tertiary/aromatic N) is 6. The van der Waals surface area contributed by atoms with Crippen molar-refractivity contribution < 1.29 is 0 Å². The van der Waals surface area contributed by atoms with Gasteiger partial charge in [-0.05, 0) is 17.3 Å². The van der Waals surface area contributed by atoms with E-state index >= 15 is 0 Å². The zero-order chi connectivity index (χ0) is 11.8. The third-order valence-corrected chi connectivity index (χ3v) is 2.53. The summed E-state index contributed by atoms with van der Waals surface area (Å²) in [6, 6.07) is 7.79.